The molecule has 270 valence electrons. The number of rotatable bonds is 13. The van der Waals surface area contributed by atoms with Crippen molar-refractivity contribution in [2.45, 2.75) is 70.1 Å². The van der Waals surface area contributed by atoms with E-state index in [4.69, 9.17) is 9.47 Å². The van der Waals surface area contributed by atoms with Gasteiger partial charge in [-0.2, -0.15) is 5.10 Å². The molecule has 5 amide bonds. The predicted molar refractivity (Wildman–Crippen MR) is 177 cm³/mol. The lowest BCUT2D eigenvalue weighted by atomic mass is 9.88. The standard InChI is InChI=1S/C34H45N7O9/c1-4-49-33(48)39-19-17-38(18-20-39)31(46)25(13-14-28(42)43)36-29(44)26-21-27(41(37-26)24-9-6-5-7-10-24)50-22(2)30(45)40-16-8-15-34(40,23-11-12-23)32(47)35-3/h5-7,9-10,21-23,25H,4,8,11-20H2,1-3H3,(H,35,47)(H,36,44)(H,42,43)/t22-,25?,34?/m0/s1. The first kappa shape index (κ1) is 36.1. The highest BCUT2D eigenvalue weighted by atomic mass is 16.6. The number of carbonyl (C=O) groups excluding carboxylic acids is 5. The largest absolute Gasteiger partial charge is 0.481 e. The molecular weight excluding hydrogens is 650 g/mol. The minimum Gasteiger partial charge on any atom is -0.481 e. The first-order chi connectivity index (χ1) is 24.0. The number of carboxylic acids is 1. The zero-order valence-corrected chi connectivity index (χ0v) is 28.6. The number of likely N-dealkylation sites (tertiary alicyclic amines) is 1. The zero-order valence-electron chi connectivity index (χ0n) is 28.6. The molecule has 5 rings (SSSR count). The van der Waals surface area contributed by atoms with E-state index in [0.717, 1.165) is 12.8 Å². The zero-order chi connectivity index (χ0) is 36.0. The second-order valence-corrected chi connectivity index (χ2v) is 12.7. The summed E-state index contributed by atoms with van der Waals surface area (Å²) in [5, 5.41) is 19.2. The van der Waals surface area contributed by atoms with Crippen molar-refractivity contribution in [2.75, 3.05) is 46.4 Å². The smallest absolute Gasteiger partial charge is 0.409 e. The van der Waals surface area contributed by atoms with Crippen LogP contribution >= 0.6 is 0 Å². The van der Waals surface area contributed by atoms with Crippen LogP contribution in [0.2, 0.25) is 0 Å². The van der Waals surface area contributed by atoms with Gasteiger partial charge < -0.3 is 39.9 Å². The van der Waals surface area contributed by atoms with Crippen LogP contribution in [0.1, 0.15) is 62.9 Å². The molecule has 2 aliphatic heterocycles. The van der Waals surface area contributed by atoms with Gasteiger partial charge in [0.2, 0.25) is 17.7 Å². The Bertz CT molecular complexity index is 1590. The van der Waals surface area contributed by atoms with Gasteiger partial charge in [-0.05, 0) is 64.0 Å². The Morgan fingerprint density at radius 1 is 1.00 bits per heavy atom. The molecule has 3 N–H and O–H groups in total. The van der Waals surface area contributed by atoms with Gasteiger partial charge in [-0.25, -0.2) is 9.48 Å². The number of nitrogens with zero attached hydrogens (tertiary/aromatic N) is 5. The Hall–Kier alpha value is -5.15. The molecule has 1 aliphatic carbocycles. The van der Waals surface area contributed by atoms with E-state index in [-0.39, 0.29) is 74.9 Å². The quantitative estimate of drug-likeness (QED) is 0.276. The molecule has 2 aromatic rings. The summed E-state index contributed by atoms with van der Waals surface area (Å²) in [6.45, 7) is 4.76. The maximum Gasteiger partial charge on any atom is 0.409 e. The van der Waals surface area contributed by atoms with Gasteiger partial charge in [0.15, 0.2) is 11.8 Å². The number of para-hydroxylation sites is 1. The van der Waals surface area contributed by atoms with Gasteiger partial charge in [-0.15, -0.1) is 0 Å². The van der Waals surface area contributed by atoms with E-state index in [1.807, 2.05) is 6.07 Å². The monoisotopic (exact) mass is 695 g/mol. The Balaban J connectivity index is 1.34. The Labute approximate surface area is 290 Å². The number of piperazine rings is 1. The molecule has 1 saturated carbocycles. The van der Waals surface area contributed by atoms with E-state index in [1.165, 1.54) is 20.5 Å². The van der Waals surface area contributed by atoms with Crippen molar-refractivity contribution in [1.29, 1.82) is 0 Å². The lowest BCUT2D eigenvalue weighted by Gasteiger charge is -2.38. The molecule has 2 saturated heterocycles. The first-order valence-corrected chi connectivity index (χ1v) is 17.1. The normalized spacial score (nSPS) is 20.1. The average molecular weight is 696 g/mol. The molecule has 2 unspecified atom stereocenters. The summed E-state index contributed by atoms with van der Waals surface area (Å²) in [5.41, 5.74) is -0.502. The molecule has 1 aromatic heterocycles. The predicted octanol–water partition coefficient (Wildman–Crippen LogP) is 1.42. The van der Waals surface area contributed by atoms with Gasteiger partial charge in [0, 0.05) is 52.3 Å². The number of aromatic nitrogens is 2. The average Bonchev–Trinajstić information content (AvgIpc) is 3.74. The van der Waals surface area contributed by atoms with E-state index < -0.39 is 41.6 Å². The van der Waals surface area contributed by atoms with Gasteiger partial charge in [0.25, 0.3) is 11.8 Å². The van der Waals surface area contributed by atoms with Crippen molar-refractivity contribution >= 4 is 35.7 Å². The summed E-state index contributed by atoms with van der Waals surface area (Å²) in [6.07, 6.45) is 0.938. The fourth-order valence-electron chi connectivity index (χ4n) is 6.84. The van der Waals surface area contributed by atoms with Crippen LogP contribution in [0.4, 0.5) is 4.79 Å². The third-order valence-electron chi connectivity index (χ3n) is 9.48. The number of amides is 5. The molecule has 0 radical (unpaired) electrons. The molecule has 3 atom stereocenters. The number of ether oxygens (including phenoxy) is 2. The molecular formula is C34H45N7O9. The highest BCUT2D eigenvalue weighted by Gasteiger charge is 2.58. The maximum absolute atomic E-state index is 13.9. The van der Waals surface area contributed by atoms with Gasteiger partial charge in [-0.1, -0.05) is 18.2 Å². The summed E-state index contributed by atoms with van der Waals surface area (Å²) < 4.78 is 12.6. The molecule has 0 spiro atoms. The molecule has 16 heteroatoms. The van der Waals surface area contributed by atoms with E-state index in [9.17, 15) is 33.9 Å². The van der Waals surface area contributed by atoms with Crippen molar-refractivity contribution in [3.63, 3.8) is 0 Å². The summed E-state index contributed by atoms with van der Waals surface area (Å²) in [5.74, 6) is -2.73. The van der Waals surface area contributed by atoms with Gasteiger partial charge >= 0.3 is 12.1 Å². The third-order valence-corrected chi connectivity index (χ3v) is 9.48. The van der Waals surface area contributed by atoms with E-state index in [0.29, 0.717) is 25.1 Å². The van der Waals surface area contributed by atoms with E-state index in [2.05, 4.69) is 15.7 Å². The Kier molecular flexibility index (Phi) is 11.3. The number of benzene rings is 1. The maximum atomic E-state index is 13.9. The van der Waals surface area contributed by atoms with E-state index in [1.54, 1.807) is 50.1 Å². The minimum absolute atomic E-state index is 0.0851. The van der Waals surface area contributed by atoms with Crippen LogP contribution in [0.5, 0.6) is 5.88 Å². The molecule has 50 heavy (non-hydrogen) atoms. The van der Waals surface area contributed by atoms with Crippen molar-refractivity contribution < 1.29 is 43.3 Å². The minimum atomic E-state index is -1.19. The van der Waals surface area contributed by atoms with Crippen LogP contribution in [0.3, 0.4) is 0 Å². The number of hydrogen-bond acceptors (Lipinski definition) is 9. The number of nitrogens with one attached hydrogen (secondary N) is 2. The van der Waals surface area contributed by atoms with Crippen molar-refractivity contribution in [1.82, 2.24) is 35.1 Å². The lowest BCUT2D eigenvalue weighted by molar-refractivity contribution is -0.150. The fraction of sp³-hybridized carbons (Fsp3) is 0.559. The Morgan fingerprint density at radius 2 is 1.68 bits per heavy atom. The van der Waals surface area contributed by atoms with Crippen LogP contribution in [-0.4, -0.2) is 129 Å². The highest BCUT2D eigenvalue weighted by molar-refractivity contribution is 5.97. The topological polar surface area (TPSA) is 193 Å². The molecule has 16 nitrogen and oxygen atoms in total. The second-order valence-electron chi connectivity index (χ2n) is 12.7. The van der Waals surface area contributed by atoms with Crippen LogP contribution in [0.25, 0.3) is 5.69 Å². The number of hydrogen-bond donors (Lipinski definition) is 3. The number of carboxylic acid groups (broad SMARTS) is 1. The van der Waals surface area contributed by atoms with Gasteiger partial charge in [-0.3, -0.25) is 24.0 Å². The second kappa shape index (κ2) is 15.6. The highest BCUT2D eigenvalue weighted by Crippen LogP contribution is 2.49. The molecule has 0 bridgehead atoms. The first-order valence-electron chi connectivity index (χ1n) is 17.1. The van der Waals surface area contributed by atoms with Crippen molar-refractivity contribution in [3.8, 4) is 11.6 Å². The SMILES string of the molecule is CCOC(=O)N1CCN(C(=O)C(CCC(=O)O)NC(=O)c2cc(O[C@@H](C)C(=O)N3CCCC3(C(=O)NC)C3CC3)n(-c3ccccc3)n2)CC1. The van der Waals surface area contributed by atoms with Crippen LogP contribution in [0.15, 0.2) is 36.4 Å². The third kappa shape index (κ3) is 7.68. The van der Waals surface area contributed by atoms with Crippen LogP contribution < -0.4 is 15.4 Å². The van der Waals surface area contributed by atoms with Crippen molar-refractivity contribution in [3.05, 3.63) is 42.1 Å². The number of carbonyl (C=O) groups is 6. The number of likely N-dealkylation sites (N-methyl/N-ethyl adjacent to an activating group) is 1. The molecule has 3 fully saturated rings. The van der Waals surface area contributed by atoms with Gasteiger partial charge in [0.1, 0.15) is 11.6 Å². The molecule has 3 aliphatic rings. The molecule has 1 aromatic carbocycles. The Morgan fingerprint density at radius 3 is 2.30 bits per heavy atom. The fourth-order valence-corrected chi connectivity index (χ4v) is 6.84. The van der Waals surface area contributed by atoms with Crippen LogP contribution in [-0.2, 0) is 23.9 Å². The number of aliphatic carboxylic acids is 1. The summed E-state index contributed by atoms with van der Waals surface area (Å²) in [6, 6.07) is 9.02. The summed E-state index contributed by atoms with van der Waals surface area (Å²) in [7, 11) is 1.57. The summed E-state index contributed by atoms with van der Waals surface area (Å²) >= 11 is 0. The van der Waals surface area contributed by atoms with E-state index >= 15 is 0 Å². The van der Waals surface area contributed by atoms with Crippen LogP contribution in [0, 0.1) is 5.92 Å². The molecule has 3 heterocycles. The van der Waals surface area contributed by atoms with Gasteiger partial charge in [0.05, 0.1) is 12.3 Å². The van der Waals surface area contributed by atoms with Crippen molar-refractivity contribution in [2.24, 2.45) is 5.92 Å². The summed E-state index contributed by atoms with van der Waals surface area (Å²) in [4.78, 5) is 82.4. The lowest BCUT2D eigenvalue weighted by Crippen LogP contribution is -2.60.